The zero-order valence-corrected chi connectivity index (χ0v) is 11.7. The van der Waals surface area contributed by atoms with Crippen LogP contribution in [0.3, 0.4) is 0 Å². The number of hydrogen-bond acceptors (Lipinski definition) is 3. The van der Waals surface area contributed by atoms with Gasteiger partial charge in [-0.3, -0.25) is 4.68 Å². The van der Waals surface area contributed by atoms with Crippen molar-refractivity contribution in [1.82, 2.24) is 15.1 Å². The molecule has 1 heterocycles. The van der Waals surface area contributed by atoms with Crippen molar-refractivity contribution in [3.8, 4) is 0 Å². The van der Waals surface area contributed by atoms with E-state index in [1.807, 2.05) is 17.9 Å². The molecule has 0 aliphatic heterocycles. The van der Waals surface area contributed by atoms with Gasteiger partial charge in [-0.25, -0.2) is 0 Å². The number of hydrogen-bond donors (Lipinski definition) is 1. The largest absolute Gasteiger partial charge is 0.377 e. The van der Waals surface area contributed by atoms with Gasteiger partial charge in [0.2, 0.25) is 0 Å². The molecule has 1 N–H and O–H groups in total. The highest BCUT2D eigenvalue weighted by atomic mass is 16.5. The van der Waals surface area contributed by atoms with Gasteiger partial charge < -0.3 is 10.1 Å². The Morgan fingerprint density at radius 1 is 1.53 bits per heavy atom. The Balaban J connectivity index is 2.94. The van der Waals surface area contributed by atoms with Gasteiger partial charge in [0.15, 0.2) is 0 Å². The van der Waals surface area contributed by atoms with Gasteiger partial charge in [0, 0.05) is 25.9 Å². The normalized spacial score (nSPS) is 16.8. The topological polar surface area (TPSA) is 39.1 Å². The van der Waals surface area contributed by atoms with Crippen LogP contribution in [0.1, 0.15) is 45.2 Å². The van der Waals surface area contributed by atoms with Gasteiger partial charge in [-0.15, -0.1) is 0 Å². The fourth-order valence-electron chi connectivity index (χ4n) is 2.03. The van der Waals surface area contributed by atoms with E-state index in [2.05, 4.69) is 37.4 Å². The molecule has 1 aromatic rings. The van der Waals surface area contributed by atoms with Gasteiger partial charge in [-0.1, -0.05) is 13.8 Å². The molecular formula is C13H25N3O. The van der Waals surface area contributed by atoms with E-state index in [0.29, 0.717) is 0 Å². The summed E-state index contributed by atoms with van der Waals surface area (Å²) in [6.07, 6.45) is 6.04. The average molecular weight is 239 g/mol. The van der Waals surface area contributed by atoms with Crippen LogP contribution in [0.4, 0.5) is 0 Å². The van der Waals surface area contributed by atoms with E-state index < -0.39 is 0 Å². The molecule has 1 rings (SSSR count). The van der Waals surface area contributed by atoms with Crippen LogP contribution in [0.5, 0.6) is 0 Å². The molecule has 0 bridgehead atoms. The van der Waals surface area contributed by atoms with Crippen molar-refractivity contribution in [1.29, 1.82) is 0 Å². The van der Waals surface area contributed by atoms with Gasteiger partial charge in [0.1, 0.15) is 0 Å². The fraction of sp³-hybridized carbons (Fsp3) is 0.769. The van der Waals surface area contributed by atoms with Gasteiger partial charge in [-0.05, 0) is 26.3 Å². The molecular weight excluding hydrogens is 214 g/mol. The van der Waals surface area contributed by atoms with Crippen LogP contribution in [0, 0.1) is 0 Å². The van der Waals surface area contributed by atoms with Gasteiger partial charge in [0.05, 0.1) is 17.8 Å². The summed E-state index contributed by atoms with van der Waals surface area (Å²) in [7, 11) is 3.72. The van der Waals surface area contributed by atoms with Crippen molar-refractivity contribution >= 4 is 0 Å². The zero-order valence-electron chi connectivity index (χ0n) is 11.7. The third-order valence-electron chi connectivity index (χ3n) is 3.44. The molecule has 0 amide bonds. The lowest BCUT2D eigenvalue weighted by Gasteiger charge is -2.36. The lowest BCUT2D eigenvalue weighted by Crippen LogP contribution is -2.43. The molecule has 0 aliphatic carbocycles. The van der Waals surface area contributed by atoms with Crippen molar-refractivity contribution in [2.45, 2.75) is 45.3 Å². The maximum Gasteiger partial charge on any atom is 0.0843 e. The van der Waals surface area contributed by atoms with Crippen LogP contribution >= 0.6 is 0 Å². The first-order valence-corrected chi connectivity index (χ1v) is 6.34. The first-order chi connectivity index (χ1) is 8.07. The summed E-state index contributed by atoms with van der Waals surface area (Å²) in [5.74, 6) is 0. The molecule has 98 valence electrons. The molecule has 0 fully saturated rings. The fourth-order valence-corrected chi connectivity index (χ4v) is 2.03. The Kier molecular flexibility index (Phi) is 5.15. The standard InChI is InChI=1S/C13H25N3O/c1-6-8-14-12(13(3,7-2)17-5)11-9-15-16(4)10-11/h9-10,12,14H,6-8H2,1-5H3. The molecule has 2 unspecified atom stereocenters. The van der Waals surface area contributed by atoms with Crippen molar-refractivity contribution in [3.05, 3.63) is 18.0 Å². The van der Waals surface area contributed by atoms with Crippen molar-refractivity contribution < 1.29 is 4.74 Å². The molecule has 0 aliphatic rings. The van der Waals surface area contributed by atoms with E-state index in [1.165, 1.54) is 5.56 Å². The maximum absolute atomic E-state index is 5.71. The highest BCUT2D eigenvalue weighted by molar-refractivity contribution is 5.15. The first kappa shape index (κ1) is 14.2. The molecule has 1 aromatic heterocycles. The SMILES string of the molecule is CCCNC(c1cnn(C)c1)C(C)(CC)OC. The highest BCUT2D eigenvalue weighted by Crippen LogP contribution is 2.31. The summed E-state index contributed by atoms with van der Waals surface area (Å²) in [5, 5.41) is 7.81. The van der Waals surface area contributed by atoms with Crippen LogP contribution in [-0.2, 0) is 11.8 Å². The van der Waals surface area contributed by atoms with Crippen molar-refractivity contribution in [2.75, 3.05) is 13.7 Å². The van der Waals surface area contributed by atoms with Gasteiger partial charge >= 0.3 is 0 Å². The quantitative estimate of drug-likeness (QED) is 0.793. The Morgan fingerprint density at radius 2 is 2.24 bits per heavy atom. The number of aromatic nitrogens is 2. The highest BCUT2D eigenvalue weighted by Gasteiger charge is 2.34. The molecule has 17 heavy (non-hydrogen) atoms. The number of methoxy groups -OCH3 is 1. The van der Waals surface area contributed by atoms with Crippen LogP contribution in [-0.4, -0.2) is 29.0 Å². The van der Waals surface area contributed by atoms with E-state index in [-0.39, 0.29) is 11.6 Å². The lowest BCUT2D eigenvalue weighted by molar-refractivity contribution is -0.0299. The second-order valence-corrected chi connectivity index (χ2v) is 4.70. The minimum Gasteiger partial charge on any atom is -0.377 e. The Bertz CT molecular complexity index is 331. The Morgan fingerprint density at radius 3 is 2.65 bits per heavy atom. The van der Waals surface area contributed by atoms with Gasteiger partial charge in [0.25, 0.3) is 0 Å². The average Bonchev–Trinajstić information content (AvgIpc) is 2.75. The maximum atomic E-state index is 5.71. The number of nitrogens with one attached hydrogen (secondary N) is 1. The zero-order chi connectivity index (χ0) is 12.9. The third kappa shape index (κ3) is 3.30. The molecule has 4 heteroatoms. The molecule has 4 nitrogen and oxygen atoms in total. The van der Waals surface area contributed by atoms with E-state index in [4.69, 9.17) is 4.74 Å². The van der Waals surface area contributed by atoms with E-state index >= 15 is 0 Å². The monoisotopic (exact) mass is 239 g/mol. The Hall–Kier alpha value is -0.870. The van der Waals surface area contributed by atoms with E-state index in [9.17, 15) is 0 Å². The molecule has 0 aromatic carbocycles. The lowest BCUT2D eigenvalue weighted by atomic mass is 9.89. The minimum atomic E-state index is -0.196. The van der Waals surface area contributed by atoms with Crippen LogP contribution in [0.15, 0.2) is 12.4 Å². The summed E-state index contributed by atoms with van der Waals surface area (Å²) in [5.41, 5.74) is 0.991. The Labute approximate surface area is 104 Å². The minimum absolute atomic E-state index is 0.186. The molecule has 0 saturated heterocycles. The van der Waals surface area contributed by atoms with Crippen LogP contribution in [0.2, 0.25) is 0 Å². The van der Waals surface area contributed by atoms with Gasteiger partial charge in [-0.2, -0.15) is 5.10 Å². The van der Waals surface area contributed by atoms with Crippen molar-refractivity contribution in [2.24, 2.45) is 7.05 Å². The van der Waals surface area contributed by atoms with Crippen LogP contribution in [0.25, 0.3) is 0 Å². The number of aryl methyl sites for hydroxylation is 1. The van der Waals surface area contributed by atoms with E-state index in [1.54, 1.807) is 7.11 Å². The summed E-state index contributed by atoms with van der Waals surface area (Å²) in [4.78, 5) is 0. The van der Waals surface area contributed by atoms with E-state index in [0.717, 1.165) is 19.4 Å². The number of ether oxygens (including phenoxy) is 1. The predicted molar refractivity (Wildman–Crippen MR) is 69.9 cm³/mol. The summed E-state index contributed by atoms with van der Waals surface area (Å²) >= 11 is 0. The predicted octanol–water partition coefficient (Wildman–Crippen LogP) is 2.28. The van der Waals surface area contributed by atoms with Crippen LogP contribution < -0.4 is 5.32 Å². The second kappa shape index (κ2) is 6.17. The summed E-state index contributed by atoms with van der Waals surface area (Å²) < 4.78 is 7.55. The molecule has 0 spiro atoms. The summed E-state index contributed by atoms with van der Waals surface area (Å²) in [6.45, 7) is 7.45. The number of nitrogens with zero attached hydrogens (tertiary/aromatic N) is 2. The number of rotatable bonds is 7. The second-order valence-electron chi connectivity index (χ2n) is 4.70. The van der Waals surface area contributed by atoms with Crippen molar-refractivity contribution in [3.63, 3.8) is 0 Å². The third-order valence-corrected chi connectivity index (χ3v) is 3.44. The molecule has 0 saturated carbocycles. The molecule has 0 radical (unpaired) electrons. The molecule has 2 atom stereocenters. The first-order valence-electron chi connectivity index (χ1n) is 6.34. The summed E-state index contributed by atoms with van der Waals surface area (Å²) in [6, 6.07) is 0.186. The smallest absolute Gasteiger partial charge is 0.0843 e.